The molecule has 0 spiro atoms. The topological polar surface area (TPSA) is 150 Å². The number of rotatable bonds is 7. The molecular weight excluding hydrogens is 496 g/mol. The molecule has 0 aliphatic carbocycles. The number of nitrogens with two attached hydrogens (primary N) is 1. The Morgan fingerprint density at radius 3 is 2.59 bits per heavy atom. The Morgan fingerprint density at radius 1 is 1.05 bits per heavy atom. The maximum atomic E-state index is 14.3. The number of hydrogen-bond acceptors (Lipinski definition) is 9. The summed E-state index contributed by atoms with van der Waals surface area (Å²) in [6, 6.07) is 17.8. The van der Waals surface area contributed by atoms with E-state index < -0.39 is 6.04 Å². The second kappa shape index (κ2) is 10.6. The number of amides is 1. The van der Waals surface area contributed by atoms with Crippen LogP contribution in [-0.4, -0.2) is 44.6 Å². The van der Waals surface area contributed by atoms with Crippen molar-refractivity contribution in [3.05, 3.63) is 94.8 Å². The van der Waals surface area contributed by atoms with E-state index in [2.05, 4.69) is 25.6 Å². The number of carbonyl (C=O) groups is 1. The molecule has 5 rings (SSSR count). The molecule has 0 saturated heterocycles. The average Bonchev–Trinajstić information content (AvgIpc) is 2.97. The lowest BCUT2D eigenvalue weighted by molar-refractivity contribution is 0.0963. The number of para-hydroxylation sites is 1. The van der Waals surface area contributed by atoms with Crippen LogP contribution in [0, 0.1) is 0 Å². The molecule has 2 aromatic carbocycles. The minimum Gasteiger partial charge on any atom is -0.481 e. The Kier molecular flexibility index (Phi) is 6.87. The summed E-state index contributed by atoms with van der Waals surface area (Å²) in [6.45, 7) is 1.83. The van der Waals surface area contributed by atoms with E-state index >= 15 is 0 Å². The number of anilines is 2. The van der Waals surface area contributed by atoms with Crippen molar-refractivity contribution in [2.24, 2.45) is 0 Å². The van der Waals surface area contributed by atoms with Crippen molar-refractivity contribution in [3.63, 3.8) is 0 Å². The molecule has 3 aromatic heterocycles. The van der Waals surface area contributed by atoms with Crippen LogP contribution in [0.4, 0.5) is 11.8 Å². The van der Waals surface area contributed by atoms with Crippen molar-refractivity contribution in [3.8, 4) is 22.7 Å². The van der Waals surface area contributed by atoms with E-state index in [0.717, 1.165) is 5.56 Å². The summed E-state index contributed by atoms with van der Waals surface area (Å²) in [6.07, 6.45) is 2.98. The molecular formula is C28H26N8O3. The number of carbonyl (C=O) groups excluding carboxylic acids is 1. The Balaban J connectivity index is 1.73. The fourth-order valence-electron chi connectivity index (χ4n) is 4.37. The number of pyridine rings is 1. The van der Waals surface area contributed by atoms with Crippen molar-refractivity contribution in [2.45, 2.75) is 13.0 Å². The summed E-state index contributed by atoms with van der Waals surface area (Å²) in [5.74, 6) is 0.700. The maximum Gasteiger partial charge on any atom is 0.266 e. The fraction of sp³-hybridized carbons (Fsp3) is 0.143. The third-order valence-corrected chi connectivity index (χ3v) is 6.21. The van der Waals surface area contributed by atoms with Gasteiger partial charge < -0.3 is 21.1 Å². The molecule has 196 valence electrons. The maximum absolute atomic E-state index is 14.3. The van der Waals surface area contributed by atoms with E-state index in [1.54, 1.807) is 30.0 Å². The van der Waals surface area contributed by atoms with Crippen molar-refractivity contribution in [2.75, 3.05) is 25.2 Å². The summed E-state index contributed by atoms with van der Waals surface area (Å²) in [5, 5.41) is 6.23. The van der Waals surface area contributed by atoms with Gasteiger partial charge in [0.1, 0.15) is 17.2 Å². The van der Waals surface area contributed by atoms with E-state index in [-0.39, 0.29) is 28.8 Å². The summed E-state index contributed by atoms with van der Waals surface area (Å²) in [5.41, 5.74) is 8.40. The quantitative estimate of drug-likeness (QED) is 0.292. The standard InChI is InChI=1S/C28H26N8O3/c1-16(33-24-20(26(37)30-2)15-32-28(29)35-24)25-34-21-11-7-10-19(17-12-13-31-22(14-17)39-3)23(21)27(38)36(25)18-8-5-4-6-9-18/h4-16H,1-3H3,(H,30,37)(H3,29,32,33,35)/t16-/m1/s1. The van der Waals surface area contributed by atoms with Gasteiger partial charge in [-0.2, -0.15) is 4.98 Å². The first kappa shape index (κ1) is 25.3. The molecule has 0 aliphatic heterocycles. The molecule has 3 heterocycles. The Morgan fingerprint density at radius 2 is 1.85 bits per heavy atom. The minimum absolute atomic E-state index is 0.00157. The van der Waals surface area contributed by atoms with Gasteiger partial charge in [0.2, 0.25) is 11.8 Å². The van der Waals surface area contributed by atoms with Crippen LogP contribution in [-0.2, 0) is 0 Å². The smallest absolute Gasteiger partial charge is 0.266 e. The first-order valence-electron chi connectivity index (χ1n) is 12.1. The van der Waals surface area contributed by atoms with E-state index in [4.69, 9.17) is 15.5 Å². The fourth-order valence-corrected chi connectivity index (χ4v) is 4.37. The zero-order valence-corrected chi connectivity index (χ0v) is 21.5. The van der Waals surface area contributed by atoms with E-state index in [9.17, 15) is 9.59 Å². The molecule has 0 saturated carbocycles. The van der Waals surface area contributed by atoms with Gasteiger partial charge in [-0.15, -0.1) is 0 Å². The summed E-state index contributed by atoms with van der Waals surface area (Å²) < 4.78 is 6.86. The highest BCUT2D eigenvalue weighted by molar-refractivity contribution is 5.98. The molecule has 0 radical (unpaired) electrons. The number of ether oxygens (including phenoxy) is 1. The SMILES string of the molecule is CNC(=O)c1cnc(N)nc1N[C@H](C)c1nc2cccc(-c3ccnc(OC)c3)c2c(=O)n1-c1ccccc1. The van der Waals surface area contributed by atoms with Crippen LogP contribution in [0.2, 0.25) is 0 Å². The largest absolute Gasteiger partial charge is 0.481 e. The zero-order chi connectivity index (χ0) is 27.5. The van der Waals surface area contributed by atoms with Gasteiger partial charge in [0.15, 0.2) is 0 Å². The Hall–Kier alpha value is -5.32. The van der Waals surface area contributed by atoms with Crippen LogP contribution in [0.25, 0.3) is 27.7 Å². The van der Waals surface area contributed by atoms with Gasteiger partial charge >= 0.3 is 0 Å². The summed E-state index contributed by atoms with van der Waals surface area (Å²) in [7, 11) is 3.06. The van der Waals surface area contributed by atoms with Gasteiger partial charge in [-0.05, 0) is 42.3 Å². The minimum atomic E-state index is -0.565. The van der Waals surface area contributed by atoms with Crippen LogP contribution in [0.5, 0.6) is 5.88 Å². The van der Waals surface area contributed by atoms with Gasteiger partial charge in [0.25, 0.3) is 11.5 Å². The van der Waals surface area contributed by atoms with Crippen molar-refractivity contribution in [1.82, 2.24) is 29.8 Å². The average molecular weight is 523 g/mol. The molecule has 5 aromatic rings. The molecule has 11 heteroatoms. The van der Waals surface area contributed by atoms with Crippen molar-refractivity contribution in [1.29, 1.82) is 0 Å². The third-order valence-electron chi connectivity index (χ3n) is 6.21. The summed E-state index contributed by atoms with van der Waals surface area (Å²) >= 11 is 0. The van der Waals surface area contributed by atoms with E-state index in [0.29, 0.717) is 33.9 Å². The molecule has 0 bridgehead atoms. The van der Waals surface area contributed by atoms with Gasteiger partial charge in [0, 0.05) is 25.5 Å². The van der Waals surface area contributed by atoms with Crippen molar-refractivity contribution < 1.29 is 9.53 Å². The Bertz CT molecular complexity index is 1740. The number of nitrogens with one attached hydrogen (secondary N) is 2. The van der Waals surface area contributed by atoms with Gasteiger partial charge in [-0.3, -0.25) is 14.2 Å². The van der Waals surface area contributed by atoms with E-state index in [1.165, 1.54) is 13.2 Å². The number of benzene rings is 2. The highest BCUT2D eigenvalue weighted by atomic mass is 16.5. The highest BCUT2D eigenvalue weighted by Crippen LogP contribution is 2.29. The monoisotopic (exact) mass is 522 g/mol. The van der Waals surface area contributed by atoms with Crippen LogP contribution in [0.1, 0.15) is 29.1 Å². The normalized spacial score (nSPS) is 11.7. The van der Waals surface area contributed by atoms with Gasteiger partial charge in [0.05, 0.1) is 29.7 Å². The molecule has 39 heavy (non-hydrogen) atoms. The van der Waals surface area contributed by atoms with Gasteiger partial charge in [-0.25, -0.2) is 15.0 Å². The molecule has 4 N–H and O–H groups in total. The molecule has 0 fully saturated rings. The van der Waals surface area contributed by atoms with Crippen LogP contribution in [0.15, 0.2) is 77.9 Å². The number of nitrogen functional groups attached to an aromatic ring is 1. The number of aromatic nitrogens is 5. The predicted molar refractivity (Wildman–Crippen MR) is 149 cm³/mol. The second-order valence-corrected chi connectivity index (χ2v) is 8.67. The number of hydrogen-bond donors (Lipinski definition) is 3. The van der Waals surface area contributed by atoms with Crippen LogP contribution < -0.4 is 26.7 Å². The molecule has 1 amide bonds. The predicted octanol–water partition coefficient (Wildman–Crippen LogP) is 3.36. The lowest BCUT2D eigenvalue weighted by Gasteiger charge is -2.21. The van der Waals surface area contributed by atoms with Crippen LogP contribution in [0.3, 0.4) is 0 Å². The highest BCUT2D eigenvalue weighted by Gasteiger charge is 2.22. The molecule has 0 unspecified atom stereocenters. The lowest BCUT2D eigenvalue weighted by atomic mass is 10.0. The Labute approximate surface area is 223 Å². The first-order valence-corrected chi connectivity index (χ1v) is 12.1. The summed E-state index contributed by atoms with van der Waals surface area (Å²) in [4.78, 5) is 44.0. The number of nitrogens with zero attached hydrogens (tertiary/aromatic N) is 5. The zero-order valence-electron chi connectivity index (χ0n) is 21.5. The van der Waals surface area contributed by atoms with E-state index in [1.807, 2.05) is 55.5 Å². The third kappa shape index (κ3) is 4.85. The first-order chi connectivity index (χ1) is 18.9. The van der Waals surface area contributed by atoms with Gasteiger partial charge in [-0.1, -0.05) is 30.3 Å². The molecule has 0 aliphatic rings. The van der Waals surface area contributed by atoms with Crippen molar-refractivity contribution >= 4 is 28.6 Å². The molecule has 11 nitrogen and oxygen atoms in total. The van der Waals surface area contributed by atoms with Crippen LogP contribution >= 0.6 is 0 Å². The molecule has 1 atom stereocenters. The number of fused-ring (bicyclic) bond motifs is 1. The second-order valence-electron chi connectivity index (χ2n) is 8.67. The number of methoxy groups -OCH3 is 1. The lowest BCUT2D eigenvalue weighted by Crippen LogP contribution is -2.28.